The van der Waals surface area contributed by atoms with Crippen LogP contribution in [-0.4, -0.2) is 0 Å². The smallest absolute Gasteiger partial charge is 0.0462 e. The van der Waals surface area contributed by atoms with Crippen LogP contribution >= 0.6 is 22.7 Å². The number of hydrogen-bond donors (Lipinski definition) is 0. The first kappa shape index (κ1) is 38.2. The average Bonchev–Trinajstić information content (AvgIpc) is 3.95. The van der Waals surface area contributed by atoms with Gasteiger partial charge in [0.05, 0.1) is 0 Å². The van der Waals surface area contributed by atoms with Crippen LogP contribution in [0.3, 0.4) is 0 Å². The second-order valence-corrected chi connectivity index (χ2v) is 18.5. The molecule has 1 aliphatic rings. The van der Waals surface area contributed by atoms with Gasteiger partial charge in [0.1, 0.15) is 0 Å². The SMILES string of the molecule is C1=CC(N(c2ccc(-c3ccc(N(c4ccccc4)c4ccc(-c5cccc6c5sc5ccccc56)cc4)cc3)cc2)c2ccc(-c3cccc4c3sc3ccccc34)cc2)=CCC1. The van der Waals surface area contributed by atoms with Gasteiger partial charge in [0, 0.05) is 74.5 Å². The summed E-state index contributed by atoms with van der Waals surface area (Å²) in [6.07, 6.45) is 9.01. The van der Waals surface area contributed by atoms with Gasteiger partial charge in [-0.15, -0.1) is 22.7 Å². The molecule has 0 bridgehead atoms. The fraction of sp³-hybridized carbons (Fsp3) is 0.0333. The third-order valence-corrected chi connectivity index (χ3v) is 15.0. The Hall–Kier alpha value is -7.50. The molecule has 0 fully saturated rings. The molecule has 64 heavy (non-hydrogen) atoms. The van der Waals surface area contributed by atoms with Gasteiger partial charge in [0.2, 0.25) is 0 Å². The largest absolute Gasteiger partial charge is 0.311 e. The molecule has 0 atom stereocenters. The topological polar surface area (TPSA) is 6.48 Å². The predicted molar refractivity (Wildman–Crippen MR) is 278 cm³/mol. The minimum atomic E-state index is 1.03. The van der Waals surface area contributed by atoms with Crippen LogP contribution in [0.1, 0.15) is 12.8 Å². The van der Waals surface area contributed by atoms with E-state index in [4.69, 9.17) is 0 Å². The third-order valence-electron chi connectivity index (χ3n) is 12.5. The highest BCUT2D eigenvalue weighted by Gasteiger charge is 2.18. The number of hydrogen-bond acceptors (Lipinski definition) is 4. The fourth-order valence-corrected chi connectivity index (χ4v) is 11.8. The Morgan fingerprint density at radius 3 is 1.19 bits per heavy atom. The van der Waals surface area contributed by atoms with Crippen LogP contribution in [0.2, 0.25) is 0 Å². The fourth-order valence-electron chi connectivity index (χ4n) is 9.37. The number of benzene rings is 9. The zero-order valence-corrected chi connectivity index (χ0v) is 36.7. The summed E-state index contributed by atoms with van der Waals surface area (Å²) in [5.74, 6) is 0. The molecular weight excluding hydrogens is 813 g/mol. The van der Waals surface area contributed by atoms with E-state index in [0.717, 1.165) is 41.3 Å². The number of allylic oxidation sites excluding steroid dienone is 3. The highest BCUT2D eigenvalue weighted by Crippen LogP contribution is 2.44. The lowest BCUT2D eigenvalue weighted by Crippen LogP contribution is -2.16. The molecule has 2 heterocycles. The van der Waals surface area contributed by atoms with E-state index < -0.39 is 0 Å². The molecule has 0 N–H and O–H groups in total. The van der Waals surface area contributed by atoms with Crippen LogP contribution in [0.4, 0.5) is 28.4 Å². The number of fused-ring (bicyclic) bond motifs is 6. The van der Waals surface area contributed by atoms with Crippen LogP contribution in [-0.2, 0) is 0 Å². The zero-order valence-electron chi connectivity index (χ0n) is 35.1. The van der Waals surface area contributed by atoms with Crippen LogP contribution in [0, 0.1) is 0 Å². The van der Waals surface area contributed by atoms with Crippen molar-refractivity contribution in [2.45, 2.75) is 12.8 Å². The standard InChI is InChI=1S/C60H42N2S2/c1-3-13-45(14-4-1)61(49-37-29-43(30-38-49)51-19-11-21-55-53-17-7-9-23-57(53)63-59(51)55)47-33-25-41(26-34-47)42-27-35-48(36-28-42)62(46-15-5-2-6-16-46)50-39-31-44(32-40-50)52-20-12-22-56-54-18-8-10-24-58(54)64-60(52)56/h1,3-5,7-40H,2,6H2. The number of thiophene rings is 2. The lowest BCUT2D eigenvalue weighted by Gasteiger charge is -2.28. The summed E-state index contributed by atoms with van der Waals surface area (Å²) in [6.45, 7) is 0. The van der Waals surface area contributed by atoms with Crippen molar-refractivity contribution in [2.24, 2.45) is 0 Å². The number of para-hydroxylation sites is 1. The normalized spacial score (nSPS) is 12.6. The second kappa shape index (κ2) is 16.3. The highest BCUT2D eigenvalue weighted by atomic mass is 32.1. The molecule has 2 nitrogen and oxygen atoms in total. The van der Waals surface area contributed by atoms with E-state index in [1.54, 1.807) is 0 Å². The highest BCUT2D eigenvalue weighted by molar-refractivity contribution is 7.26. The molecule has 4 heteroatoms. The Morgan fingerprint density at radius 2 is 0.719 bits per heavy atom. The van der Waals surface area contributed by atoms with Gasteiger partial charge < -0.3 is 9.80 Å². The van der Waals surface area contributed by atoms with Crippen molar-refractivity contribution < 1.29 is 0 Å². The molecule has 0 saturated carbocycles. The molecule has 0 aliphatic heterocycles. The van der Waals surface area contributed by atoms with E-state index in [9.17, 15) is 0 Å². The molecule has 0 spiro atoms. The van der Waals surface area contributed by atoms with E-state index in [2.05, 4.69) is 240 Å². The molecular formula is C60H42N2S2. The summed E-state index contributed by atoms with van der Waals surface area (Å²) in [5.41, 5.74) is 14.2. The van der Waals surface area contributed by atoms with Gasteiger partial charge in [0.15, 0.2) is 0 Å². The molecule has 304 valence electrons. The van der Waals surface area contributed by atoms with E-state index in [-0.39, 0.29) is 0 Å². The van der Waals surface area contributed by atoms with E-state index in [1.165, 1.54) is 79.4 Å². The summed E-state index contributed by atoms with van der Waals surface area (Å²) in [6, 6.07) is 77.7. The average molecular weight is 855 g/mol. The van der Waals surface area contributed by atoms with Gasteiger partial charge in [-0.05, 0) is 125 Å². The minimum Gasteiger partial charge on any atom is -0.311 e. The second-order valence-electron chi connectivity index (χ2n) is 16.4. The van der Waals surface area contributed by atoms with Gasteiger partial charge in [-0.1, -0.05) is 152 Å². The van der Waals surface area contributed by atoms with E-state index in [1.807, 2.05) is 22.7 Å². The predicted octanol–water partition coefficient (Wildman–Crippen LogP) is 18.3. The number of nitrogens with zero attached hydrogens (tertiary/aromatic N) is 2. The van der Waals surface area contributed by atoms with Crippen LogP contribution in [0.25, 0.3) is 73.7 Å². The lowest BCUT2D eigenvalue weighted by molar-refractivity contribution is 0.997. The first-order valence-electron chi connectivity index (χ1n) is 22.0. The van der Waals surface area contributed by atoms with Gasteiger partial charge in [-0.25, -0.2) is 0 Å². The monoisotopic (exact) mass is 854 g/mol. The molecule has 0 amide bonds. The maximum absolute atomic E-state index is 2.39. The van der Waals surface area contributed by atoms with E-state index in [0.29, 0.717) is 0 Å². The molecule has 0 radical (unpaired) electrons. The molecule has 2 aromatic heterocycles. The number of rotatable bonds is 9. The van der Waals surface area contributed by atoms with Gasteiger partial charge in [-0.3, -0.25) is 0 Å². The van der Waals surface area contributed by atoms with Crippen molar-refractivity contribution >= 4 is 91.5 Å². The maximum atomic E-state index is 2.39. The van der Waals surface area contributed by atoms with Crippen LogP contribution in [0.5, 0.6) is 0 Å². The molecule has 0 unspecified atom stereocenters. The summed E-state index contributed by atoms with van der Waals surface area (Å²) in [7, 11) is 0. The molecule has 11 aromatic rings. The van der Waals surface area contributed by atoms with Crippen molar-refractivity contribution in [1.82, 2.24) is 0 Å². The Bertz CT molecular complexity index is 3520. The third kappa shape index (κ3) is 6.89. The van der Waals surface area contributed by atoms with Crippen molar-refractivity contribution in [2.75, 3.05) is 9.80 Å². The van der Waals surface area contributed by atoms with E-state index >= 15 is 0 Å². The number of anilines is 5. The van der Waals surface area contributed by atoms with Gasteiger partial charge in [-0.2, -0.15) is 0 Å². The Balaban J connectivity index is 0.832. The quantitative estimate of drug-likeness (QED) is 0.143. The van der Waals surface area contributed by atoms with Crippen LogP contribution in [0.15, 0.2) is 236 Å². The Labute approximate surface area is 381 Å². The molecule has 9 aromatic carbocycles. The lowest BCUT2D eigenvalue weighted by atomic mass is 10.0. The van der Waals surface area contributed by atoms with Crippen molar-refractivity contribution in [3.8, 4) is 33.4 Å². The summed E-state index contributed by atoms with van der Waals surface area (Å²) >= 11 is 3.76. The minimum absolute atomic E-state index is 1.03. The zero-order chi connectivity index (χ0) is 42.4. The Morgan fingerprint density at radius 1 is 0.312 bits per heavy atom. The van der Waals surface area contributed by atoms with Crippen molar-refractivity contribution in [1.29, 1.82) is 0 Å². The maximum Gasteiger partial charge on any atom is 0.0462 e. The molecule has 1 aliphatic carbocycles. The van der Waals surface area contributed by atoms with Gasteiger partial charge >= 0.3 is 0 Å². The first-order valence-corrected chi connectivity index (χ1v) is 23.6. The summed E-state index contributed by atoms with van der Waals surface area (Å²) < 4.78 is 5.33. The Kier molecular flexibility index (Phi) is 9.74. The summed E-state index contributed by atoms with van der Waals surface area (Å²) in [4.78, 5) is 4.73. The first-order chi connectivity index (χ1) is 31.7. The molecule has 0 saturated heterocycles. The van der Waals surface area contributed by atoms with Crippen molar-refractivity contribution in [3.63, 3.8) is 0 Å². The molecule has 12 rings (SSSR count). The summed E-state index contributed by atoms with van der Waals surface area (Å²) in [5, 5.41) is 5.30. The van der Waals surface area contributed by atoms with Crippen molar-refractivity contribution in [3.05, 3.63) is 236 Å². The van der Waals surface area contributed by atoms with Crippen LogP contribution < -0.4 is 9.80 Å². The van der Waals surface area contributed by atoms with Gasteiger partial charge in [0.25, 0.3) is 0 Å².